The van der Waals surface area contributed by atoms with Crippen LogP contribution in [0.5, 0.6) is 0 Å². The third-order valence-corrected chi connectivity index (χ3v) is 4.68. The molecule has 2 heterocycles. The maximum absolute atomic E-state index is 12.5. The third kappa shape index (κ3) is 3.60. The molecule has 2 aromatic carbocycles. The molecule has 4 rings (SSSR count). The maximum Gasteiger partial charge on any atom is 0.341 e. The van der Waals surface area contributed by atoms with Gasteiger partial charge in [0.1, 0.15) is 11.3 Å². The number of esters is 1. The van der Waals surface area contributed by atoms with Crippen LogP contribution in [0.2, 0.25) is 0 Å². The van der Waals surface area contributed by atoms with Gasteiger partial charge in [-0.3, -0.25) is 9.59 Å². The summed E-state index contributed by atoms with van der Waals surface area (Å²) in [4.78, 5) is 36.4. The number of rotatable bonds is 5. The molecule has 0 saturated carbocycles. The second-order valence-corrected chi connectivity index (χ2v) is 6.54. The van der Waals surface area contributed by atoms with Gasteiger partial charge in [0.25, 0.3) is 5.56 Å². The highest BCUT2D eigenvalue weighted by molar-refractivity contribution is 6.02. The van der Waals surface area contributed by atoms with Gasteiger partial charge in [-0.25, -0.2) is 9.89 Å². The summed E-state index contributed by atoms with van der Waals surface area (Å²) >= 11 is 0. The average molecular weight is 390 g/mol. The predicted molar refractivity (Wildman–Crippen MR) is 108 cm³/mol. The Labute approximate surface area is 165 Å². The quantitative estimate of drug-likeness (QED) is 0.510. The molecular weight excluding hydrogens is 372 g/mol. The molecule has 2 N–H and O–H groups in total. The fourth-order valence-corrected chi connectivity index (χ4v) is 3.26. The Hall–Kier alpha value is -3.94. The van der Waals surface area contributed by atoms with Crippen molar-refractivity contribution in [2.45, 2.75) is 13.0 Å². The largest absolute Gasteiger partial charge is 0.465 e. The van der Waals surface area contributed by atoms with Gasteiger partial charge in [-0.1, -0.05) is 36.4 Å². The number of aromatic nitrogens is 3. The van der Waals surface area contributed by atoms with E-state index in [2.05, 4.69) is 15.5 Å². The Balaban J connectivity index is 1.54. The first-order valence-electron chi connectivity index (χ1n) is 9.01. The van der Waals surface area contributed by atoms with Crippen molar-refractivity contribution in [2.24, 2.45) is 0 Å². The standard InChI is InChI=1S/C21H18N4O4/c1-29-21(28)16-12-25(11-15-19(16)23-24-20(15)27)10-9-18(26)22-17-8-4-6-13-5-2-3-7-14(13)17/h2-8,11-12H,9-10H2,1H3,(H,22,26)(H,24,27). The Morgan fingerprint density at radius 1 is 1.14 bits per heavy atom. The number of carbonyl (C=O) groups is 2. The van der Waals surface area contributed by atoms with E-state index in [9.17, 15) is 14.4 Å². The van der Waals surface area contributed by atoms with Crippen molar-refractivity contribution in [3.63, 3.8) is 0 Å². The van der Waals surface area contributed by atoms with Crippen LogP contribution in [0.3, 0.4) is 0 Å². The number of hydrogen-bond donors (Lipinski definition) is 2. The van der Waals surface area contributed by atoms with Gasteiger partial charge in [-0.05, 0) is 11.5 Å². The summed E-state index contributed by atoms with van der Waals surface area (Å²) < 4.78 is 6.39. The van der Waals surface area contributed by atoms with Gasteiger partial charge in [-0.2, -0.15) is 5.10 Å². The van der Waals surface area contributed by atoms with E-state index in [0.29, 0.717) is 0 Å². The molecule has 0 aromatic heterocycles. The summed E-state index contributed by atoms with van der Waals surface area (Å²) in [6.07, 6.45) is 3.25. The monoisotopic (exact) mass is 390 g/mol. The van der Waals surface area contributed by atoms with Gasteiger partial charge in [-0.15, -0.1) is 0 Å². The number of benzene rings is 2. The number of ether oxygens (including phenoxy) is 1. The SMILES string of the molecule is COC(=O)c1cn(CCC(=O)Nc2cccc3ccccc23)cc2c(=O)[nH]nc1-2. The Bertz CT molecular complexity index is 1240. The van der Waals surface area contributed by atoms with Crippen molar-refractivity contribution in [2.75, 3.05) is 12.4 Å². The number of nitrogens with zero attached hydrogens (tertiary/aromatic N) is 2. The van der Waals surface area contributed by atoms with Gasteiger partial charge in [0.15, 0.2) is 0 Å². The minimum absolute atomic E-state index is 0.159. The number of fused-ring (bicyclic) bond motifs is 2. The van der Waals surface area contributed by atoms with E-state index in [0.717, 1.165) is 16.5 Å². The van der Waals surface area contributed by atoms with Crippen molar-refractivity contribution in [3.05, 3.63) is 70.8 Å². The molecule has 0 unspecified atom stereocenters. The lowest BCUT2D eigenvalue weighted by Gasteiger charge is -2.12. The van der Waals surface area contributed by atoms with Crippen LogP contribution in [0.15, 0.2) is 59.7 Å². The van der Waals surface area contributed by atoms with Crippen LogP contribution in [-0.4, -0.2) is 33.8 Å². The van der Waals surface area contributed by atoms with Gasteiger partial charge in [0, 0.05) is 36.4 Å². The smallest absolute Gasteiger partial charge is 0.341 e. The van der Waals surface area contributed by atoms with Crippen LogP contribution in [-0.2, 0) is 16.1 Å². The van der Waals surface area contributed by atoms with Gasteiger partial charge < -0.3 is 14.6 Å². The molecule has 1 amide bonds. The number of carbonyl (C=O) groups excluding carboxylic acids is 2. The summed E-state index contributed by atoms with van der Waals surface area (Å²) in [6, 6.07) is 13.5. The lowest BCUT2D eigenvalue weighted by molar-refractivity contribution is -0.116. The minimum atomic E-state index is -0.601. The van der Waals surface area contributed by atoms with Gasteiger partial charge >= 0.3 is 5.97 Å². The number of aryl methyl sites for hydroxylation is 1. The molecule has 8 nitrogen and oxygen atoms in total. The second kappa shape index (κ2) is 7.59. The molecule has 0 saturated heterocycles. The topological polar surface area (TPSA) is 106 Å². The van der Waals surface area contributed by atoms with Gasteiger partial charge in [0.05, 0.1) is 12.7 Å². The van der Waals surface area contributed by atoms with Crippen LogP contribution in [0.4, 0.5) is 5.69 Å². The number of aromatic amines is 1. The van der Waals surface area contributed by atoms with Crippen LogP contribution in [0, 0.1) is 0 Å². The van der Waals surface area contributed by atoms with E-state index >= 15 is 0 Å². The van der Waals surface area contributed by atoms with E-state index in [1.165, 1.54) is 13.3 Å². The summed E-state index contributed by atoms with van der Waals surface area (Å²) in [6.45, 7) is 0.279. The first-order chi connectivity index (χ1) is 14.1. The Morgan fingerprint density at radius 3 is 2.76 bits per heavy atom. The van der Waals surface area contributed by atoms with Crippen molar-refractivity contribution in [1.82, 2.24) is 14.8 Å². The highest BCUT2D eigenvalue weighted by atomic mass is 16.5. The number of hydrogen-bond acceptors (Lipinski definition) is 5. The number of methoxy groups -OCH3 is 1. The molecule has 146 valence electrons. The third-order valence-electron chi connectivity index (χ3n) is 4.68. The highest BCUT2D eigenvalue weighted by Crippen LogP contribution is 2.23. The van der Waals surface area contributed by atoms with Crippen molar-refractivity contribution >= 4 is 28.3 Å². The minimum Gasteiger partial charge on any atom is -0.465 e. The zero-order valence-electron chi connectivity index (χ0n) is 15.6. The van der Waals surface area contributed by atoms with Crippen molar-refractivity contribution in [1.29, 1.82) is 0 Å². The summed E-state index contributed by atoms with van der Waals surface area (Å²) in [5, 5.41) is 11.1. The summed E-state index contributed by atoms with van der Waals surface area (Å²) in [7, 11) is 1.26. The predicted octanol–water partition coefficient (Wildman–Crippen LogP) is 2.64. The maximum atomic E-state index is 12.5. The normalized spacial score (nSPS) is 10.9. The number of amides is 1. The van der Waals surface area contributed by atoms with Crippen LogP contribution < -0.4 is 10.9 Å². The van der Waals surface area contributed by atoms with Crippen LogP contribution in [0.25, 0.3) is 22.0 Å². The lowest BCUT2D eigenvalue weighted by Crippen LogP contribution is -2.17. The number of anilines is 1. The lowest BCUT2D eigenvalue weighted by atomic mass is 10.1. The Kier molecular flexibility index (Phi) is 4.82. The molecule has 0 atom stereocenters. The fraction of sp³-hybridized carbons (Fsp3) is 0.143. The molecule has 0 fully saturated rings. The van der Waals surface area contributed by atoms with E-state index < -0.39 is 11.5 Å². The van der Waals surface area contributed by atoms with Crippen molar-refractivity contribution in [3.8, 4) is 11.3 Å². The molecule has 29 heavy (non-hydrogen) atoms. The van der Waals surface area contributed by atoms with E-state index in [1.54, 1.807) is 10.8 Å². The fourth-order valence-electron chi connectivity index (χ4n) is 3.26. The molecule has 2 aliphatic heterocycles. The number of pyridine rings is 1. The zero-order valence-corrected chi connectivity index (χ0v) is 15.6. The zero-order chi connectivity index (χ0) is 20.4. The highest BCUT2D eigenvalue weighted by Gasteiger charge is 2.22. The Morgan fingerprint density at radius 2 is 1.93 bits per heavy atom. The van der Waals surface area contributed by atoms with E-state index in [-0.39, 0.29) is 35.7 Å². The number of nitrogens with one attached hydrogen (secondary N) is 2. The average Bonchev–Trinajstić information content (AvgIpc) is 3.12. The van der Waals surface area contributed by atoms with Crippen LogP contribution in [0.1, 0.15) is 16.8 Å². The molecule has 2 aromatic rings. The summed E-state index contributed by atoms with van der Waals surface area (Å²) in [5.41, 5.74) is 1.01. The van der Waals surface area contributed by atoms with Crippen molar-refractivity contribution < 1.29 is 14.3 Å². The molecule has 2 aliphatic rings. The molecule has 0 spiro atoms. The molecule has 0 radical (unpaired) electrons. The molecule has 0 bridgehead atoms. The summed E-state index contributed by atoms with van der Waals surface area (Å²) in [5.74, 6) is -0.779. The first kappa shape index (κ1) is 18.4. The first-order valence-corrected chi connectivity index (χ1v) is 9.01. The van der Waals surface area contributed by atoms with Gasteiger partial charge in [0.2, 0.25) is 5.91 Å². The molecule has 0 aliphatic carbocycles. The molecular formula is C21H18N4O4. The second-order valence-electron chi connectivity index (χ2n) is 6.54. The molecule has 8 heteroatoms. The van der Waals surface area contributed by atoms with E-state index in [1.807, 2.05) is 42.5 Å². The van der Waals surface area contributed by atoms with Crippen LogP contribution >= 0.6 is 0 Å². The number of H-pyrrole nitrogens is 1. The van der Waals surface area contributed by atoms with E-state index in [4.69, 9.17) is 4.74 Å².